The van der Waals surface area contributed by atoms with E-state index >= 15 is 0 Å². The molecule has 2 aromatic rings. The van der Waals surface area contributed by atoms with Crippen LogP contribution in [-0.4, -0.2) is 47.3 Å². The maximum absolute atomic E-state index is 13.4. The topological polar surface area (TPSA) is 67.2 Å². The first kappa shape index (κ1) is 22.6. The summed E-state index contributed by atoms with van der Waals surface area (Å²) in [5.41, 5.74) is -2.06. The number of aryl methyl sites for hydroxylation is 1. The second-order valence-electron chi connectivity index (χ2n) is 7.41. The summed E-state index contributed by atoms with van der Waals surface area (Å²) in [6, 6.07) is 6.02. The van der Waals surface area contributed by atoms with Gasteiger partial charge in [-0.1, -0.05) is 26.0 Å². The molecule has 1 N–H and O–H groups in total. The van der Waals surface area contributed by atoms with Gasteiger partial charge in [-0.2, -0.15) is 18.3 Å². The number of halogens is 3. The smallest absolute Gasteiger partial charge is 0.349 e. The van der Waals surface area contributed by atoms with Gasteiger partial charge in [0.25, 0.3) is 5.91 Å². The first-order chi connectivity index (χ1) is 13.4. The van der Waals surface area contributed by atoms with E-state index < -0.39 is 28.8 Å². The van der Waals surface area contributed by atoms with Crippen LogP contribution in [0, 0.1) is 12.8 Å². The third-order valence-electron chi connectivity index (χ3n) is 4.66. The summed E-state index contributed by atoms with van der Waals surface area (Å²) < 4.78 is 41.1. The number of para-hydroxylation sites is 1. The average molecular weight is 410 g/mol. The highest BCUT2D eigenvalue weighted by atomic mass is 19.4. The second-order valence-corrected chi connectivity index (χ2v) is 7.41. The van der Waals surface area contributed by atoms with Crippen molar-refractivity contribution < 1.29 is 18.0 Å². The van der Waals surface area contributed by atoms with E-state index in [9.17, 15) is 22.8 Å². The lowest BCUT2D eigenvalue weighted by Gasteiger charge is -2.28. The van der Waals surface area contributed by atoms with Crippen molar-refractivity contribution in [1.29, 1.82) is 0 Å². The first-order valence-electron chi connectivity index (χ1n) is 9.15. The Morgan fingerprint density at radius 2 is 1.86 bits per heavy atom. The Hall–Kier alpha value is -2.68. The van der Waals surface area contributed by atoms with E-state index in [0.29, 0.717) is 0 Å². The highest BCUT2D eigenvalue weighted by Gasteiger charge is 2.34. The van der Waals surface area contributed by atoms with Gasteiger partial charge in [-0.05, 0) is 39.1 Å². The summed E-state index contributed by atoms with van der Waals surface area (Å²) in [7, 11) is 3.75. The number of aromatic nitrogens is 2. The normalized spacial score (nSPS) is 13.0. The SMILES string of the molecule is Cc1cc(=O)c(C(=O)NCC(C(C)C)N(C)C)nn1-c1ccccc1C(F)(F)F. The summed E-state index contributed by atoms with van der Waals surface area (Å²) in [5, 5.41) is 6.63. The van der Waals surface area contributed by atoms with Gasteiger partial charge in [-0.15, -0.1) is 0 Å². The molecule has 0 radical (unpaired) electrons. The second kappa shape index (κ2) is 8.77. The fourth-order valence-corrected chi connectivity index (χ4v) is 3.14. The van der Waals surface area contributed by atoms with Gasteiger partial charge in [0.15, 0.2) is 5.69 Å². The fraction of sp³-hybridized carbons (Fsp3) is 0.450. The van der Waals surface area contributed by atoms with E-state index in [1.165, 1.54) is 25.1 Å². The number of benzene rings is 1. The number of nitrogens with zero attached hydrogens (tertiary/aromatic N) is 3. The van der Waals surface area contributed by atoms with Gasteiger partial charge in [0, 0.05) is 24.3 Å². The molecule has 0 aliphatic rings. The molecular formula is C20H25F3N4O2. The van der Waals surface area contributed by atoms with Crippen molar-refractivity contribution in [3.05, 3.63) is 57.5 Å². The number of carbonyl (C=O) groups excluding carboxylic acids is 1. The van der Waals surface area contributed by atoms with Crippen LogP contribution in [0.2, 0.25) is 0 Å². The van der Waals surface area contributed by atoms with Gasteiger partial charge < -0.3 is 10.2 Å². The molecule has 0 spiro atoms. The zero-order valence-electron chi connectivity index (χ0n) is 17.0. The van der Waals surface area contributed by atoms with Gasteiger partial charge in [-0.25, -0.2) is 4.68 Å². The van der Waals surface area contributed by atoms with Crippen LogP contribution in [0.3, 0.4) is 0 Å². The van der Waals surface area contributed by atoms with E-state index in [1.54, 1.807) is 0 Å². The van der Waals surface area contributed by atoms with Crippen molar-refractivity contribution in [2.45, 2.75) is 33.0 Å². The number of nitrogens with one attached hydrogen (secondary N) is 1. The zero-order valence-corrected chi connectivity index (χ0v) is 17.0. The molecule has 1 aromatic carbocycles. The number of hydrogen-bond donors (Lipinski definition) is 1. The average Bonchev–Trinajstić information content (AvgIpc) is 2.60. The number of alkyl halides is 3. The van der Waals surface area contributed by atoms with Crippen LogP contribution >= 0.6 is 0 Å². The number of amides is 1. The maximum Gasteiger partial charge on any atom is 0.418 e. The van der Waals surface area contributed by atoms with Crippen molar-refractivity contribution in [1.82, 2.24) is 20.0 Å². The third kappa shape index (κ3) is 5.23. The Balaban J connectivity index is 2.43. The van der Waals surface area contributed by atoms with E-state index in [-0.39, 0.29) is 29.9 Å². The monoisotopic (exact) mass is 410 g/mol. The molecule has 6 nitrogen and oxygen atoms in total. The molecule has 2 rings (SSSR count). The highest BCUT2D eigenvalue weighted by molar-refractivity contribution is 5.92. The molecule has 1 amide bonds. The predicted molar refractivity (Wildman–Crippen MR) is 104 cm³/mol. The molecule has 1 heterocycles. The van der Waals surface area contributed by atoms with Gasteiger partial charge >= 0.3 is 6.18 Å². The van der Waals surface area contributed by atoms with E-state index in [2.05, 4.69) is 10.4 Å². The molecule has 29 heavy (non-hydrogen) atoms. The van der Waals surface area contributed by atoms with Crippen LogP contribution in [0.5, 0.6) is 0 Å². The molecule has 1 atom stereocenters. The molecule has 9 heteroatoms. The summed E-state index contributed by atoms with van der Waals surface area (Å²) in [6.07, 6.45) is -4.60. The standard InChI is InChI=1S/C20H25F3N4O2/c1-12(2)16(26(4)5)11-24-19(29)18-17(28)10-13(3)27(25-18)15-9-7-6-8-14(15)20(21,22)23/h6-10,12,16H,11H2,1-5H3,(H,24,29). The van der Waals surface area contributed by atoms with Crippen LogP contribution in [0.1, 0.15) is 35.6 Å². The fourth-order valence-electron chi connectivity index (χ4n) is 3.14. The Labute approximate surface area is 167 Å². The summed E-state index contributed by atoms with van der Waals surface area (Å²) in [5.74, 6) is -0.479. The number of likely N-dealkylation sites (N-methyl/N-ethyl adjacent to an activating group) is 1. The highest BCUT2D eigenvalue weighted by Crippen LogP contribution is 2.33. The predicted octanol–water partition coefficient (Wildman–Crippen LogP) is 2.88. The molecule has 0 bridgehead atoms. The van der Waals surface area contributed by atoms with Crippen LogP contribution < -0.4 is 10.7 Å². The third-order valence-corrected chi connectivity index (χ3v) is 4.66. The lowest BCUT2D eigenvalue weighted by Crippen LogP contribution is -2.44. The quantitative estimate of drug-likeness (QED) is 0.795. The van der Waals surface area contributed by atoms with E-state index in [1.807, 2.05) is 32.8 Å². The van der Waals surface area contributed by atoms with E-state index in [0.717, 1.165) is 16.8 Å². The van der Waals surface area contributed by atoms with Crippen LogP contribution in [0.15, 0.2) is 35.1 Å². The minimum atomic E-state index is -4.60. The van der Waals surface area contributed by atoms with Crippen molar-refractivity contribution in [3.8, 4) is 5.69 Å². The van der Waals surface area contributed by atoms with Crippen molar-refractivity contribution in [2.75, 3.05) is 20.6 Å². The number of carbonyl (C=O) groups is 1. The molecule has 0 saturated heterocycles. The molecule has 158 valence electrons. The summed E-state index contributed by atoms with van der Waals surface area (Å²) in [4.78, 5) is 26.8. The van der Waals surface area contributed by atoms with Crippen LogP contribution in [0.4, 0.5) is 13.2 Å². The Morgan fingerprint density at radius 3 is 2.41 bits per heavy atom. The van der Waals surface area contributed by atoms with Gasteiger partial charge in [0.1, 0.15) is 0 Å². The van der Waals surface area contributed by atoms with Gasteiger partial charge in [0.2, 0.25) is 5.43 Å². The van der Waals surface area contributed by atoms with Gasteiger partial charge in [-0.3, -0.25) is 9.59 Å². The van der Waals surface area contributed by atoms with Crippen molar-refractivity contribution >= 4 is 5.91 Å². The molecule has 1 unspecified atom stereocenters. The molecule has 0 aliphatic carbocycles. The zero-order chi connectivity index (χ0) is 21.9. The van der Waals surface area contributed by atoms with Gasteiger partial charge in [0.05, 0.1) is 11.3 Å². The molecule has 0 saturated carbocycles. The maximum atomic E-state index is 13.4. The molecule has 1 aromatic heterocycles. The van der Waals surface area contributed by atoms with Crippen molar-refractivity contribution in [2.24, 2.45) is 5.92 Å². The Kier molecular flexibility index (Phi) is 6.84. The first-order valence-corrected chi connectivity index (χ1v) is 9.15. The lowest BCUT2D eigenvalue weighted by atomic mass is 10.0. The largest absolute Gasteiger partial charge is 0.418 e. The van der Waals surface area contributed by atoms with Crippen molar-refractivity contribution in [3.63, 3.8) is 0 Å². The molecule has 0 fully saturated rings. The number of hydrogen-bond acceptors (Lipinski definition) is 4. The Bertz CT molecular complexity index is 928. The summed E-state index contributed by atoms with van der Waals surface area (Å²) in [6.45, 7) is 5.74. The van der Waals surface area contributed by atoms with E-state index in [4.69, 9.17) is 0 Å². The van der Waals surface area contributed by atoms with Crippen LogP contribution in [0.25, 0.3) is 5.69 Å². The molecule has 0 aliphatic heterocycles. The summed E-state index contributed by atoms with van der Waals surface area (Å²) >= 11 is 0. The minimum absolute atomic E-state index is 0.0255. The lowest BCUT2D eigenvalue weighted by molar-refractivity contribution is -0.137. The minimum Gasteiger partial charge on any atom is -0.349 e. The Morgan fingerprint density at radius 1 is 1.24 bits per heavy atom. The van der Waals surface area contributed by atoms with Crippen LogP contribution in [-0.2, 0) is 6.18 Å². The number of rotatable bonds is 6. The molecular weight excluding hydrogens is 385 g/mol.